The minimum Gasteiger partial charge on any atom is -0.495 e. The molecule has 2 rings (SSSR count). The number of hydrogen-bond donors (Lipinski definition) is 3. The van der Waals surface area contributed by atoms with Gasteiger partial charge in [0.05, 0.1) is 17.7 Å². The van der Waals surface area contributed by atoms with Gasteiger partial charge >= 0.3 is 0 Å². The van der Waals surface area contributed by atoms with Crippen molar-refractivity contribution in [2.45, 2.75) is 18.7 Å². The lowest BCUT2D eigenvalue weighted by Crippen LogP contribution is -2.14. The van der Waals surface area contributed by atoms with Crippen LogP contribution in [0.3, 0.4) is 0 Å². The predicted octanol–water partition coefficient (Wildman–Crippen LogP) is 2.41. The van der Waals surface area contributed by atoms with E-state index in [0.29, 0.717) is 17.1 Å². The second kappa shape index (κ2) is 7.87. The highest BCUT2D eigenvalue weighted by molar-refractivity contribution is 7.92. The Morgan fingerprint density at radius 3 is 2.00 bits per heavy atom. The molecule has 0 fully saturated rings. The first-order chi connectivity index (χ1) is 12.2. The fourth-order valence-electron chi connectivity index (χ4n) is 2.18. The molecule has 8 nitrogen and oxygen atoms in total. The van der Waals surface area contributed by atoms with E-state index in [1.165, 1.54) is 51.3 Å². The number of nitrogens with one attached hydrogen (secondary N) is 3. The van der Waals surface area contributed by atoms with Crippen LogP contribution < -0.4 is 20.1 Å². The fraction of sp³-hybridized carbons (Fsp3) is 0.176. The van der Waals surface area contributed by atoms with Gasteiger partial charge in [0.1, 0.15) is 5.75 Å². The van der Waals surface area contributed by atoms with E-state index in [2.05, 4.69) is 15.4 Å². The maximum absolute atomic E-state index is 12.6. The van der Waals surface area contributed by atoms with Gasteiger partial charge in [0.2, 0.25) is 11.8 Å². The van der Waals surface area contributed by atoms with Gasteiger partial charge in [-0.2, -0.15) is 0 Å². The number of benzene rings is 2. The molecule has 0 aliphatic heterocycles. The normalized spacial score (nSPS) is 10.7. The maximum Gasteiger partial charge on any atom is 0.261 e. The number of ether oxygens (including phenoxy) is 1. The standard InChI is InChI=1S/C17H19N3O5S/c1-11(21)18-13-4-6-14(7-5-13)20-26(23,24)15-8-9-17(25-3)16(10-15)19-12(2)22/h4-10,20H,1-3H3,(H,18,21)(H,19,22). The Kier molecular flexibility index (Phi) is 5.83. The molecule has 0 spiro atoms. The van der Waals surface area contributed by atoms with E-state index in [9.17, 15) is 18.0 Å². The second-order valence-corrected chi connectivity index (χ2v) is 7.09. The van der Waals surface area contributed by atoms with Gasteiger partial charge in [-0.05, 0) is 42.5 Å². The van der Waals surface area contributed by atoms with Crippen LogP contribution in [0.5, 0.6) is 5.75 Å². The highest BCUT2D eigenvalue weighted by Gasteiger charge is 2.17. The Labute approximate surface area is 151 Å². The summed E-state index contributed by atoms with van der Waals surface area (Å²) >= 11 is 0. The zero-order chi connectivity index (χ0) is 19.3. The van der Waals surface area contributed by atoms with Crippen molar-refractivity contribution >= 4 is 38.9 Å². The van der Waals surface area contributed by atoms with Gasteiger partial charge in [-0.25, -0.2) is 8.42 Å². The third-order valence-electron chi connectivity index (χ3n) is 3.25. The molecule has 0 unspecified atom stereocenters. The third kappa shape index (κ3) is 4.96. The van der Waals surface area contributed by atoms with Crippen molar-refractivity contribution in [3.8, 4) is 5.75 Å². The Morgan fingerprint density at radius 1 is 0.885 bits per heavy atom. The molecule has 3 N–H and O–H groups in total. The number of sulfonamides is 1. The first-order valence-electron chi connectivity index (χ1n) is 7.57. The minimum atomic E-state index is -3.88. The van der Waals surface area contributed by atoms with Gasteiger partial charge in [-0.3, -0.25) is 14.3 Å². The molecule has 0 radical (unpaired) electrons. The van der Waals surface area contributed by atoms with E-state index in [-0.39, 0.29) is 22.4 Å². The fourth-order valence-corrected chi connectivity index (χ4v) is 3.26. The zero-order valence-corrected chi connectivity index (χ0v) is 15.3. The quantitative estimate of drug-likeness (QED) is 0.715. The Morgan fingerprint density at radius 2 is 1.46 bits per heavy atom. The molecule has 0 aliphatic carbocycles. The topological polar surface area (TPSA) is 114 Å². The number of carbonyl (C=O) groups is 2. The van der Waals surface area contributed by atoms with Crippen molar-refractivity contribution < 1.29 is 22.7 Å². The van der Waals surface area contributed by atoms with E-state index in [0.717, 1.165) is 0 Å². The first kappa shape index (κ1) is 19.3. The third-order valence-corrected chi connectivity index (χ3v) is 4.63. The summed E-state index contributed by atoms with van der Waals surface area (Å²) in [5, 5.41) is 5.12. The summed E-state index contributed by atoms with van der Waals surface area (Å²) in [4.78, 5) is 22.3. The molecule has 2 amide bonds. The number of amides is 2. The van der Waals surface area contributed by atoms with E-state index in [1.807, 2.05) is 0 Å². The average Bonchev–Trinajstić information content (AvgIpc) is 2.55. The van der Waals surface area contributed by atoms with Crippen molar-refractivity contribution in [2.24, 2.45) is 0 Å². The van der Waals surface area contributed by atoms with Gasteiger partial charge in [-0.1, -0.05) is 0 Å². The van der Waals surface area contributed by atoms with Crippen LogP contribution in [-0.2, 0) is 19.6 Å². The lowest BCUT2D eigenvalue weighted by atomic mass is 10.3. The molecule has 0 saturated heterocycles. The van der Waals surface area contributed by atoms with E-state index in [1.54, 1.807) is 12.1 Å². The number of hydrogen-bond acceptors (Lipinski definition) is 5. The molecule has 0 bridgehead atoms. The van der Waals surface area contributed by atoms with Crippen molar-refractivity contribution in [1.29, 1.82) is 0 Å². The lowest BCUT2D eigenvalue weighted by molar-refractivity contribution is -0.115. The van der Waals surface area contributed by atoms with Crippen LogP contribution in [0.15, 0.2) is 47.4 Å². The molecule has 2 aromatic rings. The highest BCUT2D eigenvalue weighted by Crippen LogP contribution is 2.28. The van der Waals surface area contributed by atoms with Crippen LogP contribution in [0.4, 0.5) is 17.1 Å². The molecular weight excluding hydrogens is 358 g/mol. The lowest BCUT2D eigenvalue weighted by Gasteiger charge is -2.13. The molecule has 2 aromatic carbocycles. The summed E-state index contributed by atoms with van der Waals surface area (Å²) in [7, 11) is -2.46. The summed E-state index contributed by atoms with van der Waals surface area (Å²) in [5.74, 6) is -0.222. The number of carbonyl (C=O) groups excluding carboxylic acids is 2. The van der Waals surface area contributed by atoms with Crippen LogP contribution in [0.25, 0.3) is 0 Å². The molecule has 138 valence electrons. The molecule has 9 heteroatoms. The van der Waals surface area contributed by atoms with E-state index < -0.39 is 10.0 Å². The summed E-state index contributed by atoms with van der Waals surface area (Å²) in [6.07, 6.45) is 0. The van der Waals surface area contributed by atoms with Crippen molar-refractivity contribution in [1.82, 2.24) is 0 Å². The minimum absolute atomic E-state index is 0.0343. The zero-order valence-electron chi connectivity index (χ0n) is 14.5. The van der Waals surface area contributed by atoms with Crippen molar-refractivity contribution in [3.63, 3.8) is 0 Å². The number of rotatable bonds is 6. The Balaban J connectivity index is 2.26. The van der Waals surface area contributed by atoms with E-state index in [4.69, 9.17) is 4.74 Å². The van der Waals surface area contributed by atoms with Gasteiger partial charge in [0, 0.05) is 25.2 Å². The van der Waals surface area contributed by atoms with Crippen LogP contribution in [-0.4, -0.2) is 27.3 Å². The summed E-state index contributed by atoms with van der Waals surface area (Å²) in [6, 6.07) is 10.4. The molecule has 0 atom stereocenters. The largest absolute Gasteiger partial charge is 0.495 e. The molecule has 0 heterocycles. The molecule has 0 aromatic heterocycles. The monoisotopic (exact) mass is 377 g/mol. The van der Waals surface area contributed by atoms with Crippen LogP contribution in [0.1, 0.15) is 13.8 Å². The van der Waals surface area contributed by atoms with Gasteiger partial charge in [-0.15, -0.1) is 0 Å². The second-order valence-electron chi connectivity index (χ2n) is 5.41. The van der Waals surface area contributed by atoms with Crippen molar-refractivity contribution in [3.05, 3.63) is 42.5 Å². The molecule has 0 aliphatic rings. The molecule has 0 saturated carbocycles. The van der Waals surface area contributed by atoms with Crippen LogP contribution in [0.2, 0.25) is 0 Å². The van der Waals surface area contributed by atoms with Gasteiger partial charge < -0.3 is 15.4 Å². The summed E-state index contributed by atoms with van der Waals surface area (Å²) in [5.41, 5.74) is 1.14. The SMILES string of the molecule is COc1ccc(S(=O)(=O)Nc2ccc(NC(C)=O)cc2)cc1NC(C)=O. The average molecular weight is 377 g/mol. The van der Waals surface area contributed by atoms with E-state index >= 15 is 0 Å². The predicted molar refractivity (Wildman–Crippen MR) is 98.9 cm³/mol. The Hall–Kier alpha value is -3.07. The smallest absolute Gasteiger partial charge is 0.261 e. The van der Waals surface area contributed by atoms with Crippen LogP contribution >= 0.6 is 0 Å². The molecule has 26 heavy (non-hydrogen) atoms. The van der Waals surface area contributed by atoms with Gasteiger partial charge in [0.25, 0.3) is 10.0 Å². The first-order valence-corrected chi connectivity index (χ1v) is 9.05. The number of methoxy groups -OCH3 is 1. The van der Waals surface area contributed by atoms with Gasteiger partial charge in [0.15, 0.2) is 0 Å². The highest BCUT2D eigenvalue weighted by atomic mass is 32.2. The summed E-state index contributed by atoms with van der Waals surface area (Å²) < 4.78 is 32.7. The number of anilines is 3. The van der Waals surface area contributed by atoms with Crippen molar-refractivity contribution in [2.75, 3.05) is 22.5 Å². The molecular formula is C17H19N3O5S. The Bertz CT molecular complexity index is 924. The summed E-state index contributed by atoms with van der Waals surface area (Å²) in [6.45, 7) is 2.70. The maximum atomic E-state index is 12.6. The van der Waals surface area contributed by atoms with Crippen LogP contribution in [0, 0.1) is 0 Å².